The predicted octanol–water partition coefficient (Wildman–Crippen LogP) is 2.43. The summed E-state index contributed by atoms with van der Waals surface area (Å²) in [6.07, 6.45) is 3.98. The van der Waals surface area contributed by atoms with Crippen molar-refractivity contribution in [1.82, 2.24) is 10.2 Å². The molecule has 0 amide bonds. The number of unbranched alkanes of at least 4 members (excludes halogenated alkanes) is 1. The number of hydrogen-bond acceptors (Lipinski definition) is 4. The number of nitrogens with zero attached hydrogens (tertiary/aromatic N) is 2. The second-order valence-electron chi connectivity index (χ2n) is 5.58. The van der Waals surface area contributed by atoms with E-state index in [1.165, 1.54) is 0 Å². The first-order valence-corrected chi connectivity index (χ1v) is 8.67. The maximum atomic E-state index is 8.87. The average molecular weight is 349 g/mol. The van der Waals surface area contributed by atoms with Crippen LogP contribution in [0, 0.1) is 0 Å². The number of benzene rings is 1. The smallest absolute Gasteiger partial charge is 0.193 e. The van der Waals surface area contributed by atoms with Gasteiger partial charge in [-0.15, -0.1) is 6.58 Å². The lowest BCUT2D eigenvalue weighted by molar-refractivity contribution is 0.196. The summed E-state index contributed by atoms with van der Waals surface area (Å²) in [6.45, 7) is 8.32. The van der Waals surface area contributed by atoms with Crippen molar-refractivity contribution in [2.75, 3.05) is 40.5 Å². The summed E-state index contributed by atoms with van der Waals surface area (Å²) in [5, 5.41) is 12.2. The molecule has 0 spiro atoms. The van der Waals surface area contributed by atoms with E-state index in [2.05, 4.69) is 23.7 Å². The van der Waals surface area contributed by atoms with Crippen LogP contribution < -0.4 is 14.8 Å². The van der Waals surface area contributed by atoms with Crippen LogP contribution in [0.2, 0.25) is 0 Å². The first-order valence-electron chi connectivity index (χ1n) is 8.67. The van der Waals surface area contributed by atoms with Gasteiger partial charge < -0.3 is 24.8 Å². The van der Waals surface area contributed by atoms with E-state index in [1.54, 1.807) is 7.11 Å². The third-order valence-corrected chi connectivity index (χ3v) is 3.59. The van der Waals surface area contributed by atoms with Crippen molar-refractivity contribution < 1.29 is 14.6 Å². The lowest BCUT2D eigenvalue weighted by Gasteiger charge is -2.21. The highest BCUT2D eigenvalue weighted by Gasteiger charge is 2.08. The zero-order valence-electron chi connectivity index (χ0n) is 15.6. The molecule has 140 valence electrons. The fourth-order valence-corrected chi connectivity index (χ4v) is 2.30. The summed E-state index contributed by atoms with van der Waals surface area (Å²) >= 11 is 0. The number of aliphatic hydroxyl groups is 1. The molecular weight excluding hydrogens is 318 g/mol. The molecule has 1 aromatic carbocycles. The van der Waals surface area contributed by atoms with Gasteiger partial charge in [0, 0.05) is 20.1 Å². The van der Waals surface area contributed by atoms with Crippen molar-refractivity contribution in [3.8, 4) is 11.5 Å². The number of guanidine groups is 1. The number of allylic oxidation sites excluding steroid dienone is 1. The average Bonchev–Trinajstić information content (AvgIpc) is 2.63. The van der Waals surface area contributed by atoms with Gasteiger partial charge in [-0.25, -0.2) is 4.99 Å². The SMILES string of the molecule is C=CCCCN(C)C(=NCc1ccc(OCCO)c(OC)c1)NCC. The summed E-state index contributed by atoms with van der Waals surface area (Å²) in [7, 11) is 3.64. The lowest BCUT2D eigenvalue weighted by Crippen LogP contribution is -2.39. The molecule has 0 unspecified atom stereocenters. The molecule has 0 radical (unpaired) electrons. The minimum Gasteiger partial charge on any atom is -0.493 e. The summed E-state index contributed by atoms with van der Waals surface area (Å²) < 4.78 is 10.8. The monoisotopic (exact) mass is 349 g/mol. The Morgan fingerprint density at radius 3 is 2.84 bits per heavy atom. The molecule has 25 heavy (non-hydrogen) atoms. The Kier molecular flexibility index (Phi) is 10.2. The van der Waals surface area contributed by atoms with E-state index in [9.17, 15) is 0 Å². The summed E-state index contributed by atoms with van der Waals surface area (Å²) in [5.74, 6) is 2.15. The number of methoxy groups -OCH3 is 1. The van der Waals surface area contributed by atoms with Gasteiger partial charge in [0.25, 0.3) is 0 Å². The second kappa shape index (κ2) is 12.2. The third-order valence-electron chi connectivity index (χ3n) is 3.59. The van der Waals surface area contributed by atoms with Crippen LogP contribution >= 0.6 is 0 Å². The number of hydrogen-bond donors (Lipinski definition) is 2. The number of ether oxygens (including phenoxy) is 2. The normalized spacial score (nSPS) is 11.1. The first-order chi connectivity index (χ1) is 12.2. The standard InChI is InChI=1S/C19H31N3O3/c1-5-7-8-11-22(3)19(20-6-2)21-15-16-9-10-17(25-13-12-23)18(14-16)24-4/h5,9-10,14,23H,1,6-8,11-13,15H2,2-4H3,(H,20,21). The Balaban J connectivity index is 2.78. The fourth-order valence-electron chi connectivity index (χ4n) is 2.30. The van der Waals surface area contributed by atoms with Crippen LogP contribution in [0.1, 0.15) is 25.3 Å². The quantitative estimate of drug-likeness (QED) is 0.278. The van der Waals surface area contributed by atoms with E-state index in [1.807, 2.05) is 31.3 Å². The molecule has 6 nitrogen and oxygen atoms in total. The lowest BCUT2D eigenvalue weighted by atomic mass is 10.2. The molecule has 0 heterocycles. The van der Waals surface area contributed by atoms with Gasteiger partial charge >= 0.3 is 0 Å². The number of rotatable bonds is 11. The summed E-state index contributed by atoms with van der Waals surface area (Å²) in [6, 6.07) is 5.72. The molecule has 2 N–H and O–H groups in total. The Labute approximate surface area is 151 Å². The number of aliphatic hydroxyl groups excluding tert-OH is 1. The number of aliphatic imine (C=N–C) groups is 1. The van der Waals surface area contributed by atoms with Crippen molar-refractivity contribution >= 4 is 5.96 Å². The van der Waals surface area contributed by atoms with Crippen molar-refractivity contribution in [3.05, 3.63) is 36.4 Å². The van der Waals surface area contributed by atoms with Gasteiger partial charge in [0.1, 0.15) is 6.61 Å². The summed E-state index contributed by atoms with van der Waals surface area (Å²) in [4.78, 5) is 6.83. The van der Waals surface area contributed by atoms with Gasteiger partial charge in [0.2, 0.25) is 0 Å². The topological polar surface area (TPSA) is 66.3 Å². The zero-order chi connectivity index (χ0) is 18.5. The van der Waals surface area contributed by atoms with Gasteiger partial charge in [-0.3, -0.25) is 0 Å². The largest absolute Gasteiger partial charge is 0.493 e. The molecule has 1 aromatic rings. The van der Waals surface area contributed by atoms with Gasteiger partial charge in [0.05, 0.1) is 20.3 Å². The molecule has 0 atom stereocenters. The molecule has 0 saturated carbocycles. The highest BCUT2D eigenvalue weighted by molar-refractivity contribution is 5.79. The Morgan fingerprint density at radius 1 is 1.40 bits per heavy atom. The first kappa shape index (κ1) is 20.8. The van der Waals surface area contributed by atoms with E-state index < -0.39 is 0 Å². The van der Waals surface area contributed by atoms with E-state index in [0.29, 0.717) is 18.0 Å². The molecule has 0 aliphatic rings. The highest BCUT2D eigenvalue weighted by Crippen LogP contribution is 2.28. The van der Waals surface area contributed by atoms with Crippen molar-refractivity contribution in [2.24, 2.45) is 4.99 Å². The summed E-state index contributed by atoms with van der Waals surface area (Å²) in [5.41, 5.74) is 1.03. The van der Waals surface area contributed by atoms with Crippen molar-refractivity contribution in [1.29, 1.82) is 0 Å². The highest BCUT2D eigenvalue weighted by atomic mass is 16.5. The van der Waals surface area contributed by atoms with E-state index in [0.717, 1.165) is 37.5 Å². The van der Waals surface area contributed by atoms with Crippen LogP contribution in [0.25, 0.3) is 0 Å². The number of nitrogens with one attached hydrogen (secondary N) is 1. The zero-order valence-corrected chi connectivity index (χ0v) is 15.6. The van der Waals surface area contributed by atoms with Crippen molar-refractivity contribution in [2.45, 2.75) is 26.3 Å². The van der Waals surface area contributed by atoms with Gasteiger partial charge in [-0.1, -0.05) is 12.1 Å². The van der Waals surface area contributed by atoms with Crippen LogP contribution in [0.15, 0.2) is 35.8 Å². The fraction of sp³-hybridized carbons (Fsp3) is 0.526. The maximum Gasteiger partial charge on any atom is 0.193 e. The van der Waals surface area contributed by atoms with Gasteiger partial charge in [0.15, 0.2) is 17.5 Å². The van der Waals surface area contributed by atoms with E-state index in [-0.39, 0.29) is 13.2 Å². The van der Waals surface area contributed by atoms with Crippen LogP contribution in [0.3, 0.4) is 0 Å². The van der Waals surface area contributed by atoms with E-state index >= 15 is 0 Å². The molecule has 1 rings (SSSR count). The van der Waals surface area contributed by atoms with Gasteiger partial charge in [-0.05, 0) is 37.5 Å². The minimum atomic E-state index is -0.0283. The molecular formula is C19H31N3O3. The molecule has 0 fully saturated rings. The van der Waals surface area contributed by atoms with Gasteiger partial charge in [-0.2, -0.15) is 0 Å². The Morgan fingerprint density at radius 2 is 2.20 bits per heavy atom. The molecule has 0 aromatic heterocycles. The van der Waals surface area contributed by atoms with Crippen LogP contribution in [-0.4, -0.2) is 56.4 Å². The maximum absolute atomic E-state index is 8.87. The van der Waals surface area contributed by atoms with Crippen LogP contribution in [0.5, 0.6) is 11.5 Å². The molecule has 0 aliphatic carbocycles. The van der Waals surface area contributed by atoms with E-state index in [4.69, 9.17) is 19.6 Å². The minimum absolute atomic E-state index is 0.0283. The predicted molar refractivity (Wildman–Crippen MR) is 102 cm³/mol. The van der Waals surface area contributed by atoms with Crippen molar-refractivity contribution in [3.63, 3.8) is 0 Å². The second-order valence-corrected chi connectivity index (χ2v) is 5.58. The molecule has 0 saturated heterocycles. The molecule has 0 aliphatic heterocycles. The third kappa shape index (κ3) is 7.47. The molecule has 6 heteroatoms. The van der Waals surface area contributed by atoms with Crippen LogP contribution in [-0.2, 0) is 6.54 Å². The molecule has 0 bridgehead atoms. The Bertz CT molecular complexity index is 547. The Hall–Kier alpha value is -2.21. The van der Waals surface area contributed by atoms with Crippen LogP contribution in [0.4, 0.5) is 0 Å².